The number of likely N-dealkylation sites (N-methyl/N-ethyl adjacent to an activating group) is 1. The summed E-state index contributed by atoms with van der Waals surface area (Å²) in [5.41, 5.74) is 1.15. The van der Waals surface area contributed by atoms with Crippen LogP contribution >= 0.6 is 11.3 Å². The summed E-state index contributed by atoms with van der Waals surface area (Å²) in [6.45, 7) is 4.61. The predicted molar refractivity (Wildman–Crippen MR) is 72.0 cm³/mol. The molecule has 3 rings (SSSR count). The molecule has 1 N–H and O–H groups in total. The van der Waals surface area contributed by atoms with E-state index in [1.807, 2.05) is 7.05 Å². The molecular weight excluding hydrogens is 248 g/mol. The summed E-state index contributed by atoms with van der Waals surface area (Å²) >= 11 is 1.68. The molecule has 18 heavy (non-hydrogen) atoms. The zero-order valence-corrected chi connectivity index (χ0v) is 11.3. The Kier molecular flexibility index (Phi) is 3.60. The Morgan fingerprint density at radius 3 is 3.39 bits per heavy atom. The number of rotatable bonds is 4. The molecule has 0 aliphatic carbocycles. The van der Waals surface area contributed by atoms with Crippen molar-refractivity contribution in [2.24, 2.45) is 0 Å². The number of imidazole rings is 1. The Labute approximate surface area is 110 Å². The molecule has 1 aliphatic rings. The van der Waals surface area contributed by atoms with Crippen LogP contribution in [0.4, 0.5) is 0 Å². The van der Waals surface area contributed by atoms with Crippen LogP contribution in [0.3, 0.4) is 0 Å². The molecule has 6 heteroatoms. The third kappa shape index (κ3) is 2.56. The van der Waals surface area contributed by atoms with Crippen molar-refractivity contribution in [3.8, 4) is 0 Å². The van der Waals surface area contributed by atoms with Gasteiger partial charge in [0.25, 0.3) is 0 Å². The van der Waals surface area contributed by atoms with E-state index in [9.17, 15) is 0 Å². The van der Waals surface area contributed by atoms with Gasteiger partial charge in [-0.15, -0.1) is 11.3 Å². The van der Waals surface area contributed by atoms with Crippen molar-refractivity contribution in [1.29, 1.82) is 0 Å². The van der Waals surface area contributed by atoms with Gasteiger partial charge < -0.3 is 10.1 Å². The summed E-state index contributed by atoms with van der Waals surface area (Å²) in [6.07, 6.45) is 4.47. The normalized spacial score (nSPS) is 21.7. The van der Waals surface area contributed by atoms with Crippen LogP contribution in [-0.2, 0) is 11.3 Å². The zero-order chi connectivity index (χ0) is 12.4. The summed E-state index contributed by atoms with van der Waals surface area (Å²) in [5.74, 6) is 0. The number of hydrogen-bond acceptors (Lipinski definition) is 5. The van der Waals surface area contributed by atoms with Crippen molar-refractivity contribution in [2.75, 3.05) is 33.3 Å². The van der Waals surface area contributed by atoms with Gasteiger partial charge in [-0.05, 0) is 7.05 Å². The van der Waals surface area contributed by atoms with E-state index in [0.29, 0.717) is 6.10 Å². The van der Waals surface area contributed by atoms with Crippen molar-refractivity contribution < 1.29 is 4.74 Å². The van der Waals surface area contributed by atoms with Crippen molar-refractivity contribution >= 4 is 16.3 Å². The Bertz CT molecular complexity index is 478. The Morgan fingerprint density at radius 1 is 1.61 bits per heavy atom. The summed E-state index contributed by atoms with van der Waals surface area (Å²) in [4.78, 5) is 8.11. The van der Waals surface area contributed by atoms with E-state index in [1.165, 1.54) is 0 Å². The highest BCUT2D eigenvalue weighted by Crippen LogP contribution is 2.14. The summed E-state index contributed by atoms with van der Waals surface area (Å²) < 4.78 is 7.79. The maximum atomic E-state index is 5.70. The average Bonchev–Trinajstić information content (AvgIpc) is 2.90. The maximum absolute atomic E-state index is 5.70. The van der Waals surface area contributed by atoms with E-state index in [4.69, 9.17) is 4.74 Å². The number of thiazole rings is 1. The molecule has 1 unspecified atom stereocenters. The van der Waals surface area contributed by atoms with Gasteiger partial charge in [-0.1, -0.05) is 0 Å². The van der Waals surface area contributed by atoms with Crippen LogP contribution in [0.25, 0.3) is 4.96 Å². The van der Waals surface area contributed by atoms with Crippen molar-refractivity contribution in [3.05, 3.63) is 23.5 Å². The molecule has 1 saturated heterocycles. The highest BCUT2D eigenvalue weighted by Gasteiger charge is 2.20. The Balaban J connectivity index is 1.63. The lowest BCUT2D eigenvalue weighted by Crippen LogP contribution is -2.45. The second-order valence-corrected chi connectivity index (χ2v) is 5.48. The van der Waals surface area contributed by atoms with Crippen LogP contribution < -0.4 is 5.32 Å². The van der Waals surface area contributed by atoms with Crippen LogP contribution in [0.2, 0.25) is 0 Å². The van der Waals surface area contributed by atoms with Crippen LogP contribution in [0, 0.1) is 0 Å². The van der Waals surface area contributed by atoms with Gasteiger partial charge in [0.1, 0.15) is 0 Å². The fraction of sp³-hybridized carbons (Fsp3) is 0.583. The molecule has 2 aromatic rings. The molecule has 0 aromatic carbocycles. The molecular formula is C12H18N4OS. The van der Waals surface area contributed by atoms with Gasteiger partial charge in [0, 0.05) is 44.0 Å². The monoisotopic (exact) mass is 266 g/mol. The van der Waals surface area contributed by atoms with E-state index in [0.717, 1.165) is 43.4 Å². The lowest BCUT2D eigenvalue weighted by molar-refractivity contribution is -0.0294. The third-order valence-corrected chi connectivity index (χ3v) is 3.95. The van der Waals surface area contributed by atoms with Crippen molar-refractivity contribution in [1.82, 2.24) is 19.6 Å². The minimum atomic E-state index is 0.299. The molecule has 2 aromatic heterocycles. The number of fused-ring (bicyclic) bond motifs is 1. The van der Waals surface area contributed by atoms with Crippen LogP contribution in [0.5, 0.6) is 0 Å². The van der Waals surface area contributed by atoms with Gasteiger partial charge in [0.2, 0.25) is 0 Å². The Morgan fingerprint density at radius 2 is 2.56 bits per heavy atom. The van der Waals surface area contributed by atoms with Gasteiger partial charge in [0.05, 0.1) is 18.4 Å². The maximum Gasteiger partial charge on any atom is 0.193 e. The molecule has 0 bridgehead atoms. The molecule has 98 valence electrons. The molecule has 1 atom stereocenters. The fourth-order valence-corrected chi connectivity index (χ4v) is 3.08. The second kappa shape index (κ2) is 5.36. The first-order valence-corrected chi connectivity index (χ1v) is 7.13. The standard InChI is InChI=1S/C12H18N4OS/c1-13-6-11-9-15(2-4-17-11)7-10-8-16-3-5-18-12(16)14-10/h3,5,8,11,13H,2,4,6-7,9H2,1H3. The van der Waals surface area contributed by atoms with E-state index < -0.39 is 0 Å². The quantitative estimate of drug-likeness (QED) is 0.889. The first-order chi connectivity index (χ1) is 8.85. The number of aromatic nitrogens is 2. The number of hydrogen-bond donors (Lipinski definition) is 1. The Hall–Kier alpha value is -0.950. The summed E-state index contributed by atoms with van der Waals surface area (Å²) in [5, 5.41) is 5.23. The second-order valence-electron chi connectivity index (χ2n) is 4.61. The smallest absolute Gasteiger partial charge is 0.193 e. The van der Waals surface area contributed by atoms with Gasteiger partial charge in [-0.3, -0.25) is 9.30 Å². The van der Waals surface area contributed by atoms with Crippen LogP contribution in [0.15, 0.2) is 17.8 Å². The fourth-order valence-electron chi connectivity index (χ4n) is 2.36. The molecule has 0 amide bonds. The lowest BCUT2D eigenvalue weighted by Gasteiger charge is -2.32. The van der Waals surface area contributed by atoms with Crippen molar-refractivity contribution in [3.63, 3.8) is 0 Å². The first kappa shape index (κ1) is 12.1. The predicted octanol–water partition coefficient (Wildman–Crippen LogP) is 0.816. The molecule has 0 radical (unpaired) electrons. The topological polar surface area (TPSA) is 41.8 Å². The average molecular weight is 266 g/mol. The molecule has 0 spiro atoms. The molecule has 1 fully saturated rings. The van der Waals surface area contributed by atoms with E-state index in [-0.39, 0.29) is 0 Å². The lowest BCUT2D eigenvalue weighted by atomic mass is 10.2. The van der Waals surface area contributed by atoms with Crippen LogP contribution in [-0.4, -0.2) is 53.7 Å². The van der Waals surface area contributed by atoms with Crippen LogP contribution in [0.1, 0.15) is 5.69 Å². The molecule has 1 aliphatic heterocycles. The van der Waals surface area contributed by atoms with E-state index in [1.54, 1.807) is 11.3 Å². The van der Waals surface area contributed by atoms with Gasteiger partial charge >= 0.3 is 0 Å². The van der Waals surface area contributed by atoms with E-state index in [2.05, 4.69) is 37.4 Å². The number of nitrogens with one attached hydrogen (secondary N) is 1. The van der Waals surface area contributed by atoms with Crippen molar-refractivity contribution in [2.45, 2.75) is 12.6 Å². The van der Waals surface area contributed by atoms with Gasteiger partial charge in [-0.2, -0.15) is 0 Å². The minimum Gasteiger partial charge on any atom is -0.374 e. The minimum absolute atomic E-state index is 0.299. The third-order valence-electron chi connectivity index (χ3n) is 3.18. The number of ether oxygens (including phenoxy) is 1. The highest BCUT2D eigenvalue weighted by atomic mass is 32.1. The highest BCUT2D eigenvalue weighted by molar-refractivity contribution is 7.15. The number of nitrogens with zero attached hydrogens (tertiary/aromatic N) is 3. The number of morpholine rings is 1. The molecule has 0 saturated carbocycles. The molecule has 3 heterocycles. The SMILES string of the molecule is CNCC1CN(Cc2cn3ccsc3n2)CCO1. The largest absolute Gasteiger partial charge is 0.374 e. The first-order valence-electron chi connectivity index (χ1n) is 6.25. The van der Waals surface area contributed by atoms with Gasteiger partial charge in [0.15, 0.2) is 4.96 Å². The molecule has 5 nitrogen and oxygen atoms in total. The summed E-state index contributed by atoms with van der Waals surface area (Å²) in [7, 11) is 1.96. The van der Waals surface area contributed by atoms with Gasteiger partial charge in [-0.25, -0.2) is 4.98 Å². The zero-order valence-electron chi connectivity index (χ0n) is 10.5. The van der Waals surface area contributed by atoms with E-state index >= 15 is 0 Å². The summed E-state index contributed by atoms with van der Waals surface area (Å²) in [6, 6.07) is 0.